The van der Waals surface area contributed by atoms with E-state index >= 15 is 0 Å². The van der Waals surface area contributed by atoms with E-state index in [0.717, 1.165) is 58.5 Å². The number of aryl methyl sites for hydroxylation is 4. The maximum absolute atomic E-state index is 13.6. The van der Waals surface area contributed by atoms with Crippen molar-refractivity contribution in [3.63, 3.8) is 0 Å². The van der Waals surface area contributed by atoms with E-state index in [9.17, 15) is 19.2 Å². The molecule has 14 aromatic rings. The van der Waals surface area contributed by atoms with Gasteiger partial charge in [-0.05, 0) is 197 Å². The fourth-order valence-electron chi connectivity index (χ4n) is 11.4. The third kappa shape index (κ3) is 13.5. The van der Waals surface area contributed by atoms with E-state index in [4.69, 9.17) is 18.9 Å². The summed E-state index contributed by atoms with van der Waals surface area (Å²) in [5.74, 6) is -1.80. The van der Waals surface area contributed by atoms with E-state index in [-0.39, 0.29) is 0 Å². The van der Waals surface area contributed by atoms with Crippen molar-refractivity contribution in [1.82, 2.24) is 0 Å². The number of thiophene rings is 10. The third-order valence-electron chi connectivity index (χ3n) is 16.2. The lowest BCUT2D eigenvalue weighted by atomic mass is 9.86. The number of hydrogen-bond acceptors (Lipinski definition) is 18. The molecule has 0 bridgehead atoms. The highest BCUT2D eigenvalue weighted by molar-refractivity contribution is 7.29. The summed E-state index contributed by atoms with van der Waals surface area (Å²) in [5.41, 5.74) is 10.6. The van der Waals surface area contributed by atoms with Gasteiger partial charge in [-0.3, -0.25) is 0 Å². The predicted octanol–water partition coefficient (Wildman–Crippen LogP) is 25.0. The maximum Gasteiger partial charge on any atom is 0.338 e. The zero-order chi connectivity index (χ0) is 67.1. The first-order chi connectivity index (χ1) is 46.5. The number of benzene rings is 4. The summed E-state index contributed by atoms with van der Waals surface area (Å²) in [6, 6.07) is 62.8. The topological polar surface area (TPSA) is 105 Å². The molecule has 0 saturated heterocycles. The highest BCUT2D eigenvalue weighted by atomic mass is 32.1. The van der Waals surface area contributed by atoms with Crippen LogP contribution in [0, 0.1) is 41.5 Å². The van der Waals surface area contributed by atoms with Gasteiger partial charge in [-0.1, -0.05) is 59.7 Å². The van der Waals surface area contributed by atoms with Gasteiger partial charge in [0.15, 0.2) is 0 Å². The molecule has 10 heterocycles. The number of esters is 4. The first kappa shape index (κ1) is 66.4. The molecule has 8 nitrogen and oxygen atoms in total. The van der Waals surface area contributed by atoms with Crippen LogP contribution in [0.4, 0.5) is 0 Å². The molecule has 0 aliphatic rings. The van der Waals surface area contributed by atoms with Crippen LogP contribution in [0.5, 0.6) is 0 Å². The Hall–Kier alpha value is -8.24. The van der Waals surface area contributed by atoms with Gasteiger partial charge < -0.3 is 18.9 Å². The molecule has 0 atom stereocenters. The van der Waals surface area contributed by atoms with E-state index in [0.29, 0.717) is 55.6 Å². The minimum Gasteiger partial charge on any atom is -0.465 e. The van der Waals surface area contributed by atoms with E-state index < -0.39 is 23.9 Å². The zero-order valence-corrected chi connectivity index (χ0v) is 61.8. The Balaban J connectivity index is 0.000000174. The molecular weight excluding hydrogens is 1390 g/mol. The average molecular weight is 1450 g/mol. The fourth-order valence-corrected chi connectivity index (χ4v) is 22.0. The van der Waals surface area contributed by atoms with Crippen LogP contribution < -0.4 is 0 Å². The van der Waals surface area contributed by atoms with Crippen LogP contribution in [-0.4, -0.2) is 52.3 Å². The molecule has 0 aliphatic carbocycles. The number of carbonyl (C=O) groups excluding carboxylic acids is 4. The molecule has 96 heavy (non-hydrogen) atoms. The Morgan fingerprint density at radius 2 is 0.479 bits per heavy atom. The number of carbonyl (C=O) groups is 4. The van der Waals surface area contributed by atoms with Crippen molar-refractivity contribution >= 4 is 137 Å². The van der Waals surface area contributed by atoms with E-state index in [2.05, 4.69) is 173 Å². The normalized spacial score (nSPS) is 11.2. The molecule has 0 spiro atoms. The molecular formula is C78H60O8S10. The third-order valence-corrected chi connectivity index (χ3v) is 28.3. The van der Waals surface area contributed by atoms with Crippen LogP contribution in [0.1, 0.15) is 73.4 Å². The second-order valence-corrected chi connectivity index (χ2v) is 33.8. The second-order valence-electron chi connectivity index (χ2n) is 22.5. The molecule has 0 fully saturated rings. The van der Waals surface area contributed by atoms with Crippen LogP contribution in [0.2, 0.25) is 0 Å². The SMILES string of the molecule is COC(=O)c1c(C)c(-c2ccc(-c3ccc(-c4ccc(C)s4)s3)s2)c(C(=O)OC)c(C)c1-c1ccc(-c2ccc(-c3ccc(C)s3)s2)s1.COC(=O)c1cc(-c2ccc(-c3ccc(-c4ccc(C)cc4)s3)s2)c(C(=O)OC)cc1-c1ccc(-c2ccc(-c3ccc(C)cc3)s2)s1. The number of hydrogen-bond donors (Lipinski definition) is 0. The van der Waals surface area contributed by atoms with Gasteiger partial charge in [0.1, 0.15) is 0 Å². The van der Waals surface area contributed by atoms with Gasteiger partial charge in [-0.15, -0.1) is 113 Å². The monoisotopic (exact) mass is 1440 g/mol. The van der Waals surface area contributed by atoms with E-state index in [1.54, 1.807) is 126 Å². The van der Waals surface area contributed by atoms with Crippen molar-refractivity contribution in [2.75, 3.05) is 28.4 Å². The Bertz CT molecular complexity index is 4900. The van der Waals surface area contributed by atoms with E-state index in [1.165, 1.54) is 89.7 Å². The van der Waals surface area contributed by atoms with Crippen LogP contribution in [0.3, 0.4) is 0 Å². The van der Waals surface area contributed by atoms with Crippen LogP contribution in [-0.2, 0) is 18.9 Å². The Morgan fingerprint density at radius 1 is 0.250 bits per heavy atom. The maximum atomic E-state index is 13.6. The number of rotatable bonds is 16. The molecule has 0 saturated carbocycles. The first-order valence-electron chi connectivity index (χ1n) is 30.3. The average Bonchev–Trinajstić information content (AvgIpc) is 1.69. The molecule has 0 unspecified atom stereocenters. The molecule has 480 valence electrons. The number of ether oxygens (including phenoxy) is 4. The minimum atomic E-state index is -0.465. The van der Waals surface area contributed by atoms with Crippen molar-refractivity contribution < 1.29 is 38.1 Å². The highest BCUT2D eigenvalue weighted by Gasteiger charge is 2.32. The lowest BCUT2D eigenvalue weighted by Gasteiger charge is -2.21. The van der Waals surface area contributed by atoms with Gasteiger partial charge in [0, 0.05) is 120 Å². The lowest BCUT2D eigenvalue weighted by Crippen LogP contribution is -2.14. The quantitative estimate of drug-likeness (QED) is 0.0696. The summed E-state index contributed by atoms with van der Waals surface area (Å²) >= 11 is 16.9. The Kier molecular flexibility index (Phi) is 19.7. The molecule has 0 radical (unpaired) electrons. The Morgan fingerprint density at radius 3 is 0.760 bits per heavy atom. The molecule has 14 rings (SSSR count). The van der Waals surface area contributed by atoms with Gasteiger partial charge in [0.05, 0.1) is 50.7 Å². The van der Waals surface area contributed by atoms with Crippen LogP contribution in [0.25, 0.3) is 121 Å². The van der Waals surface area contributed by atoms with Crippen LogP contribution >= 0.6 is 113 Å². The van der Waals surface area contributed by atoms with Crippen molar-refractivity contribution in [2.45, 2.75) is 41.5 Å². The second kappa shape index (κ2) is 28.5. The molecule has 18 heteroatoms. The largest absolute Gasteiger partial charge is 0.465 e. The summed E-state index contributed by atoms with van der Waals surface area (Å²) in [7, 11) is 5.56. The van der Waals surface area contributed by atoms with Gasteiger partial charge in [-0.25, -0.2) is 19.2 Å². The zero-order valence-electron chi connectivity index (χ0n) is 53.7. The first-order valence-corrected chi connectivity index (χ1v) is 38.4. The van der Waals surface area contributed by atoms with Gasteiger partial charge in [-0.2, -0.15) is 0 Å². The number of methoxy groups -OCH3 is 4. The lowest BCUT2D eigenvalue weighted by molar-refractivity contribution is 0.0586. The summed E-state index contributed by atoms with van der Waals surface area (Å²) in [6.07, 6.45) is 0. The summed E-state index contributed by atoms with van der Waals surface area (Å²) < 4.78 is 21.3. The van der Waals surface area contributed by atoms with E-state index in [1.807, 2.05) is 38.1 Å². The molecule has 0 aliphatic heterocycles. The van der Waals surface area contributed by atoms with Gasteiger partial charge in [0.2, 0.25) is 0 Å². The molecule has 4 aromatic carbocycles. The fraction of sp³-hybridized carbons (Fsp3) is 0.128. The van der Waals surface area contributed by atoms with Gasteiger partial charge >= 0.3 is 23.9 Å². The van der Waals surface area contributed by atoms with Crippen molar-refractivity contribution in [3.05, 3.63) is 236 Å². The Labute approximate surface area is 597 Å². The van der Waals surface area contributed by atoms with Crippen molar-refractivity contribution in [1.29, 1.82) is 0 Å². The molecule has 0 N–H and O–H groups in total. The standard InChI is InChI=1S/C40H30O4S4.C38H30O4S6/c1-23-5-9-25(10-6-23)31-13-17-35(45-31)37-19-15-33(47-37)27-21-30(40(42)44-4)28(22-29(27)39(41)43-3)34-16-20-38(48-34)36-18-14-32(46-36)26-11-7-24(2)8-12-26;1-19-7-9-23(43-19)25-11-13-27(45-25)29-15-17-31(47-29)33-21(3)36(38(40)42-6)34(22(4)35(33)37(39)41-5)32-18-16-30(48-32)28-14-12-26(46-28)24-10-8-20(2)44-24/h5-22H,1-4H3;7-18H,1-6H3. The molecule has 0 amide bonds. The smallest absolute Gasteiger partial charge is 0.338 e. The van der Waals surface area contributed by atoms with Gasteiger partial charge in [0.25, 0.3) is 0 Å². The summed E-state index contributed by atoms with van der Waals surface area (Å²) in [6.45, 7) is 12.2. The van der Waals surface area contributed by atoms with Crippen molar-refractivity contribution in [2.24, 2.45) is 0 Å². The predicted molar refractivity (Wildman–Crippen MR) is 411 cm³/mol. The minimum absolute atomic E-state index is 0.396. The highest BCUT2D eigenvalue weighted by Crippen LogP contribution is 2.51. The summed E-state index contributed by atoms with van der Waals surface area (Å²) in [5, 5.41) is 0. The molecule has 10 aromatic heterocycles. The van der Waals surface area contributed by atoms with Crippen LogP contribution in [0.15, 0.2) is 182 Å². The van der Waals surface area contributed by atoms with Crippen molar-refractivity contribution in [3.8, 4) is 121 Å². The summed E-state index contributed by atoms with van der Waals surface area (Å²) in [4.78, 5) is 76.1.